The van der Waals surface area contributed by atoms with Gasteiger partial charge >= 0.3 is 5.97 Å². The molecule has 0 radical (unpaired) electrons. The first-order valence-electron chi connectivity index (χ1n) is 5.87. The molecule has 1 atom stereocenters. The summed E-state index contributed by atoms with van der Waals surface area (Å²) in [4.78, 5) is 23.9. The minimum atomic E-state index is -1.03. The number of benzene rings is 1. The average molecular weight is 267 g/mol. The molecule has 1 saturated heterocycles. The van der Waals surface area contributed by atoms with Crippen LogP contribution in [0.5, 0.6) is 5.75 Å². The summed E-state index contributed by atoms with van der Waals surface area (Å²) in [7, 11) is 1.36. The first-order chi connectivity index (χ1) is 9.02. The number of hydrogen-bond donors (Lipinski definition) is 1. The predicted molar refractivity (Wildman–Crippen MR) is 64.2 cm³/mol. The topological polar surface area (TPSA) is 66.8 Å². The van der Waals surface area contributed by atoms with Gasteiger partial charge in [0.05, 0.1) is 7.11 Å². The molecule has 0 aliphatic carbocycles. The van der Waals surface area contributed by atoms with Crippen molar-refractivity contribution >= 4 is 11.9 Å². The zero-order valence-electron chi connectivity index (χ0n) is 10.4. The molecule has 1 N–H and O–H groups in total. The SMILES string of the molecule is COc1ccc(CN2C(=O)CCC2C(=O)O)cc1F. The molecule has 2 rings (SSSR count). The Morgan fingerprint density at radius 1 is 1.58 bits per heavy atom. The maximum absolute atomic E-state index is 13.5. The van der Waals surface area contributed by atoms with Crippen molar-refractivity contribution in [2.45, 2.75) is 25.4 Å². The summed E-state index contributed by atoms with van der Waals surface area (Å²) in [6.45, 7) is 0.0940. The Morgan fingerprint density at radius 3 is 2.89 bits per heavy atom. The second-order valence-electron chi connectivity index (χ2n) is 4.38. The van der Waals surface area contributed by atoms with E-state index < -0.39 is 17.8 Å². The standard InChI is InChI=1S/C13H14FNO4/c1-19-11-4-2-8(6-9(11)14)7-15-10(13(17)18)3-5-12(15)16/h2,4,6,10H,3,5,7H2,1H3,(H,17,18). The Morgan fingerprint density at radius 2 is 2.32 bits per heavy atom. The van der Waals surface area contributed by atoms with Crippen molar-refractivity contribution in [2.75, 3.05) is 7.11 Å². The molecule has 6 heteroatoms. The third-order valence-electron chi connectivity index (χ3n) is 3.18. The molecule has 1 unspecified atom stereocenters. The Hall–Kier alpha value is -2.11. The van der Waals surface area contributed by atoms with Gasteiger partial charge < -0.3 is 14.7 Å². The highest BCUT2D eigenvalue weighted by molar-refractivity contribution is 5.87. The number of hydrogen-bond acceptors (Lipinski definition) is 3. The van der Waals surface area contributed by atoms with E-state index >= 15 is 0 Å². The Balaban J connectivity index is 2.17. The molecular formula is C13H14FNO4. The summed E-state index contributed by atoms with van der Waals surface area (Å²) in [5.74, 6) is -1.66. The third-order valence-corrected chi connectivity index (χ3v) is 3.18. The van der Waals surface area contributed by atoms with E-state index in [-0.39, 0.29) is 24.6 Å². The van der Waals surface area contributed by atoms with Crippen LogP contribution in [0.4, 0.5) is 4.39 Å². The molecule has 1 aromatic carbocycles. The number of halogens is 1. The van der Waals surface area contributed by atoms with Gasteiger partial charge in [-0.25, -0.2) is 9.18 Å². The second-order valence-corrected chi connectivity index (χ2v) is 4.38. The average Bonchev–Trinajstić information content (AvgIpc) is 2.71. The van der Waals surface area contributed by atoms with Crippen molar-refractivity contribution in [1.82, 2.24) is 4.90 Å². The third kappa shape index (κ3) is 2.67. The Labute approximate surface area is 109 Å². The predicted octanol–water partition coefficient (Wildman–Crippen LogP) is 1.41. The van der Waals surface area contributed by atoms with E-state index in [0.29, 0.717) is 12.0 Å². The van der Waals surface area contributed by atoms with Gasteiger partial charge in [0.1, 0.15) is 6.04 Å². The molecule has 1 aromatic rings. The number of carbonyl (C=O) groups is 2. The smallest absolute Gasteiger partial charge is 0.326 e. The van der Waals surface area contributed by atoms with Crippen molar-refractivity contribution < 1.29 is 23.8 Å². The monoisotopic (exact) mass is 267 g/mol. The van der Waals surface area contributed by atoms with Gasteiger partial charge in [-0.15, -0.1) is 0 Å². The summed E-state index contributed by atoms with van der Waals surface area (Å²) in [6.07, 6.45) is 0.516. The molecule has 0 aromatic heterocycles. The van der Waals surface area contributed by atoms with E-state index in [1.54, 1.807) is 6.07 Å². The number of nitrogens with zero attached hydrogens (tertiary/aromatic N) is 1. The second kappa shape index (κ2) is 5.26. The zero-order valence-corrected chi connectivity index (χ0v) is 10.4. The quantitative estimate of drug-likeness (QED) is 0.895. The fourth-order valence-electron chi connectivity index (χ4n) is 2.19. The number of likely N-dealkylation sites (tertiary alicyclic amines) is 1. The summed E-state index contributed by atoms with van der Waals surface area (Å²) < 4.78 is 18.3. The van der Waals surface area contributed by atoms with Crippen LogP contribution in [0.25, 0.3) is 0 Å². The van der Waals surface area contributed by atoms with Crippen LogP contribution < -0.4 is 4.74 Å². The maximum atomic E-state index is 13.5. The molecule has 0 bridgehead atoms. The van der Waals surface area contributed by atoms with Crippen LogP contribution in [0.3, 0.4) is 0 Å². The van der Waals surface area contributed by atoms with Crippen LogP contribution in [0.2, 0.25) is 0 Å². The molecule has 0 saturated carbocycles. The van der Waals surface area contributed by atoms with Gasteiger partial charge in [-0.3, -0.25) is 4.79 Å². The first kappa shape index (κ1) is 13.3. The summed E-state index contributed by atoms with van der Waals surface area (Å²) in [5.41, 5.74) is 0.541. The molecular weight excluding hydrogens is 253 g/mol. The van der Waals surface area contributed by atoms with Gasteiger partial charge in [-0.1, -0.05) is 6.07 Å². The largest absolute Gasteiger partial charge is 0.494 e. The lowest BCUT2D eigenvalue weighted by atomic mass is 10.1. The number of aliphatic carboxylic acids is 1. The number of carboxylic acids is 1. The number of ether oxygens (including phenoxy) is 1. The number of rotatable bonds is 4. The van der Waals surface area contributed by atoms with Crippen molar-refractivity contribution in [1.29, 1.82) is 0 Å². The van der Waals surface area contributed by atoms with E-state index in [1.807, 2.05) is 0 Å². The molecule has 1 fully saturated rings. The zero-order chi connectivity index (χ0) is 14.0. The highest BCUT2D eigenvalue weighted by Crippen LogP contribution is 2.24. The van der Waals surface area contributed by atoms with Gasteiger partial charge in [-0.05, 0) is 24.1 Å². The van der Waals surface area contributed by atoms with Crippen LogP contribution >= 0.6 is 0 Å². The highest BCUT2D eigenvalue weighted by Gasteiger charge is 2.35. The fraction of sp³-hybridized carbons (Fsp3) is 0.385. The van der Waals surface area contributed by atoms with E-state index in [0.717, 1.165) is 0 Å². The molecule has 1 aliphatic rings. The van der Waals surface area contributed by atoms with Crippen LogP contribution in [-0.2, 0) is 16.1 Å². The number of amides is 1. The van der Waals surface area contributed by atoms with Crippen LogP contribution in [0, 0.1) is 5.82 Å². The maximum Gasteiger partial charge on any atom is 0.326 e. The van der Waals surface area contributed by atoms with Crippen molar-refractivity contribution in [3.63, 3.8) is 0 Å². The highest BCUT2D eigenvalue weighted by atomic mass is 19.1. The van der Waals surface area contributed by atoms with E-state index in [9.17, 15) is 14.0 Å². The normalized spacial score (nSPS) is 18.7. The summed E-state index contributed by atoms with van der Waals surface area (Å²) >= 11 is 0. The summed E-state index contributed by atoms with van der Waals surface area (Å²) in [6, 6.07) is 3.51. The van der Waals surface area contributed by atoms with Crippen LogP contribution in [0.1, 0.15) is 18.4 Å². The molecule has 1 aliphatic heterocycles. The molecule has 1 heterocycles. The summed E-state index contributed by atoms with van der Waals surface area (Å²) in [5, 5.41) is 9.03. The fourth-order valence-corrected chi connectivity index (χ4v) is 2.19. The van der Waals surface area contributed by atoms with E-state index in [1.165, 1.54) is 24.1 Å². The lowest BCUT2D eigenvalue weighted by Crippen LogP contribution is -2.37. The molecule has 0 spiro atoms. The number of methoxy groups -OCH3 is 1. The molecule has 1 amide bonds. The van der Waals surface area contributed by atoms with Gasteiger partial charge in [0, 0.05) is 13.0 Å². The van der Waals surface area contributed by atoms with E-state index in [4.69, 9.17) is 9.84 Å². The van der Waals surface area contributed by atoms with Crippen molar-refractivity contribution in [3.8, 4) is 5.75 Å². The van der Waals surface area contributed by atoms with Crippen LogP contribution in [0.15, 0.2) is 18.2 Å². The number of carbonyl (C=O) groups excluding carboxylic acids is 1. The first-order valence-corrected chi connectivity index (χ1v) is 5.87. The molecule has 19 heavy (non-hydrogen) atoms. The minimum absolute atomic E-state index is 0.0940. The van der Waals surface area contributed by atoms with Crippen molar-refractivity contribution in [3.05, 3.63) is 29.6 Å². The Bertz CT molecular complexity index is 517. The van der Waals surface area contributed by atoms with Crippen LogP contribution in [-0.4, -0.2) is 35.0 Å². The van der Waals surface area contributed by atoms with Gasteiger partial charge in [-0.2, -0.15) is 0 Å². The van der Waals surface area contributed by atoms with E-state index in [2.05, 4.69) is 0 Å². The molecule has 102 valence electrons. The van der Waals surface area contributed by atoms with Gasteiger partial charge in [0.15, 0.2) is 11.6 Å². The Kier molecular flexibility index (Phi) is 3.69. The minimum Gasteiger partial charge on any atom is -0.494 e. The number of carboxylic acid groups (broad SMARTS) is 1. The van der Waals surface area contributed by atoms with Gasteiger partial charge in [0.25, 0.3) is 0 Å². The van der Waals surface area contributed by atoms with Gasteiger partial charge in [0.2, 0.25) is 5.91 Å². The van der Waals surface area contributed by atoms with Crippen molar-refractivity contribution in [2.24, 2.45) is 0 Å². The lowest BCUT2D eigenvalue weighted by Gasteiger charge is -2.21. The lowest BCUT2D eigenvalue weighted by molar-refractivity contribution is -0.146. The molecule has 5 nitrogen and oxygen atoms in total.